The Morgan fingerprint density at radius 2 is 2.30 bits per heavy atom. The van der Waals surface area contributed by atoms with Crippen LogP contribution in [0, 0.1) is 0 Å². The second-order valence-corrected chi connectivity index (χ2v) is 4.83. The topological polar surface area (TPSA) is 79.7 Å². The van der Waals surface area contributed by atoms with Gasteiger partial charge in [-0.25, -0.2) is 4.98 Å². The molecule has 1 aliphatic rings. The first kappa shape index (κ1) is 14.3. The first-order valence-corrected chi connectivity index (χ1v) is 6.64. The number of carboxylic acids is 1. The number of hydrogen-bond donors (Lipinski definition) is 1. The molecule has 6 nitrogen and oxygen atoms in total. The van der Waals surface area contributed by atoms with Crippen molar-refractivity contribution < 1.29 is 19.4 Å². The van der Waals surface area contributed by atoms with Gasteiger partial charge in [0.05, 0.1) is 13.5 Å². The average molecular weight is 278 g/mol. The van der Waals surface area contributed by atoms with Crippen molar-refractivity contribution in [1.82, 2.24) is 9.88 Å². The fraction of sp³-hybridized carbons (Fsp3) is 0.500. The molecule has 108 valence electrons. The fourth-order valence-electron chi connectivity index (χ4n) is 2.50. The molecule has 2 rings (SSSR count). The Bertz CT molecular complexity index is 504. The van der Waals surface area contributed by atoms with E-state index in [1.54, 1.807) is 17.0 Å². The number of amides is 1. The van der Waals surface area contributed by atoms with Gasteiger partial charge in [-0.2, -0.15) is 0 Å². The lowest BCUT2D eigenvalue weighted by Gasteiger charge is -2.35. The molecule has 0 spiro atoms. The molecule has 0 saturated carbocycles. The Balaban J connectivity index is 2.18. The summed E-state index contributed by atoms with van der Waals surface area (Å²) in [5, 5.41) is 8.95. The van der Waals surface area contributed by atoms with E-state index in [1.807, 2.05) is 0 Å². The van der Waals surface area contributed by atoms with Crippen molar-refractivity contribution in [2.75, 3.05) is 13.7 Å². The highest BCUT2D eigenvalue weighted by molar-refractivity contribution is 5.95. The number of aliphatic carboxylic acids is 1. The number of pyridine rings is 1. The molecule has 6 heteroatoms. The number of aromatic nitrogens is 1. The molecule has 0 aromatic carbocycles. The summed E-state index contributed by atoms with van der Waals surface area (Å²) in [5.74, 6) is -0.652. The van der Waals surface area contributed by atoms with Crippen LogP contribution in [0.1, 0.15) is 36.0 Å². The van der Waals surface area contributed by atoms with Crippen LogP contribution in [0.5, 0.6) is 5.88 Å². The second-order valence-electron chi connectivity index (χ2n) is 4.83. The van der Waals surface area contributed by atoms with Crippen LogP contribution in [-0.4, -0.2) is 46.6 Å². The molecule has 0 bridgehead atoms. The van der Waals surface area contributed by atoms with Crippen LogP contribution in [0.4, 0.5) is 0 Å². The molecule has 1 saturated heterocycles. The number of carboxylic acid groups (broad SMARTS) is 1. The molecule has 1 fully saturated rings. The highest BCUT2D eigenvalue weighted by atomic mass is 16.5. The number of piperidine rings is 1. The number of ether oxygens (including phenoxy) is 1. The first-order chi connectivity index (χ1) is 9.61. The third-order valence-electron chi connectivity index (χ3n) is 3.49. The molecule has 1 amide bonds. The predicted molar refractivity (Wildman–Crippen MR) is 71.7 cm³/mol. The maximum atomic E-state index is 12.5. The van der Waals surface area contributed by atoms with E-state index in [0.717, 1.165) is 19.3 Å². The summed E-state index contributed by atoms with van der Waals surface area (Å²) in [4.78, 5) is 29.0. The molecule has 2 heterocycles. The SMILES string of the molecule is COc1cc(C(=O)N2CCCCC2CC(=O)O)ccn1. The maximum absolute atomic E-state index is 12.5. The highest BCUT2D eigenvalue weighted by Crippen LogP contribution is 2.22. The lowest BCUT2D eigenvalue weighted by Crippen LogP contribution is -2.44. The van der Waals surface area contributed by atoms with Gasteiger partial charge in [-0.15, -0.1) is 0 Å². The van der Waals surface area contributed by atoms with Gasteiger partial charge in [0.1, 0.15) is 0 Å². The van der Waals surface area contributed by atoms with E-state index in [4.69, 9.17) is 9.84 Å². The molecule has 1 unspecified atom stereocenters. The number of carbonyl (C=O) groups is 2. The van der Waals surface area contributed by atoms with Gasteiger partial charge in [0.15, 0.2) is 0 Å². The summed E-state index contributed by atoms with van der Waals surface area (Å²) < 4.78 is 5.01. The summed E-state index contributed by atoms with van der Waals surface area (Å²) in [5.41, 5.74) is 0.481. The van der Waals surface area contributed by atoms with E-state index in [0.29, 0.717) is 18.0 Å². The molecule has 1 aliphatic heterocycles. The number of likely N-dealkylation sites (tertiary alicyclic amines) is 1. The van der Waals surface area contributed by atoms with E-state index in [9.17, 15) is 9.59 Å². The monoisotopic (exact) mass is 278 g/mol. The summed E-state index contributed by atoms with van der Waals surface area (Å²) in [6.07, 6.45) is 4.11. The smallest absolute Gasteiger partial charge is 0.305 e. The number of carbonyl (C=O) groups excluding carboxylic acids is 1. The first-order valence-electron chi connectivity index (χ1n) is 6.64. The van der Waals surface area contributed by atoms with Crippen molar-refractivity contribution in [3.05, 3.63) is 23.9 Å². The van der Waals surface area contributed by atoms with Crippen molar-refractivity contribution in [3.8, 4) is 5.88 Å². The zero-order chi connectivity index (χ0) is 14.5. The van der Waals surface area contributed by atoms with Gasteiger partial charge in [-0.3, -0.25) is 9.59 Å². The summed E-state index contributed by atoms with van der Waals surface area (Å²) >= 11 is 0. The molecule has 1 aromatic rings. The quantitative estimate of drug-likeness (QED) is 0.904. The summed E-state index contributed by atoms with van der Waals surface area (Å²) in [6, 6.07) is 2.97. The number of hydrogen-bond acceptors (Lipinski definition) is 4. The van der Waals surface area contributed by atoms with E-state index in [-0.39, 0.29) is 18.4 Å². The lowest BCUT2D eigenvalue weighted by atomic mass is 9.98. The Morgan fingerprint density at radius 1 is 1.50 bits per heavy atom. The van der Waals surface area contributed by atoms with Gasteiger partial charge in [0.2, 0.25) is 5.88 Å². The highest BCUT2D eigenvalue weighted by Gasteiger charge is 2.29. The van der Waals surface area contributed by atoms with Gasteiger partial charge in [0.25, 0.3) is 5.91 Å². The van der Waals surface area contributed by atoms with Crippen molar-refractivity contribution >= 4 is 11.9 Å². The van der Waals surface area contributed by atoms with E-state index in [2.05, 4.69) is 4.98 Å². The van der Waals surface area contributed by atoms with Gasteiger partial charge in [-0.1, -0.05) is 0 Å². The maximum Gasteiger partial charge on any atom is 0.305 e. The third-order valence-corrected chi connectivity index (χ3v) is 3.49. The average Bonchev–Trinajstić information content (AvgIpc) is 2.46. The Hall–Kier alpha value is -2.11. The van der Waals surface area contributed by atoms with Gasteiger partial charge in [-0.05, 0) is 25.3 Å². The fourth-order valence-corrected chi connectivity index (χ4v) is 2.50. The lowest BCUT2D eigenvalue weighted by molar-refractivity contribution is -0.138. The minimum absolute atomic E-state index is 0.00599. The van der Waals surface area contributed by atoms with Crippen molar-refractivity contribution in [2.24, 2.45) is 0 Å². The zero-order valence-electron chi connectivity index (χ0n) is 11.4. The van der Waals surface area contributed by atoms with Crippen LogP contribution in [-0.2, 0) is 4.79 Å². The van der Waals surface area contributed by atoms with Gasteiger partial charge in [0, 0.05) is 30.4 Å². The third kappa shape index (κ3) is 3.26. The molecule has 1 N–H and O–H groups in total. The van der Waals surface area contributed by atoms with E-state index >= 15 is 0 Å². The van der Waals surface area contributed by atoms with Gasteiger partial charge >= 0.3 is 5.97 Å². The molecule has 1 aromatic heterocycles. The molecule has 20 heavy (non-hydrogen) atoms. The normalized spacial score (nSPS) is 18.6. The van der Waals surface area contributed by atoms with E-state index in [1.165, 1.54) is 13.3 Å². The number of methoxy groups -OCH3 is 1. The van der Waals surface area contributed by atoms with Crippen LogP contribution >= 0.6 is 0 Å². The van der Waals surface area contributed by atoms with Gasteiger partial charge < -0.3 is 14.7 Å². The zero-order valence-corrected chi connectivity index (χ0v) is 11.4. The largest absolute Gasteiger partial charge is 0.481 e. The molecule has 0 radical (unpaired) electrons. The van der Waals surface area contributed by atoms with Crippen LogP contribution < -0.4 is 4.74 Å². The predicted octanol–water partition coefficient (Wildman–Crippen LogP) is 1.56. The summed E-state index contributed by atoms with van der Waals surface area (Å²) in [7, 11) is 1.49. The van der Waals surface area contributed by atoms with Crippen LogP contribution in [0.2, 0.25) is 0 Å². The second kappa shape index (κ2) is 6.36. The molecular formula is C14H18N2O4. The van der Waals surface area contributed by atoms with E-state index < -0.39 is 5.97 Å². The van der Waals surface area contributed by atoms with Crippen molar-refractivity contribution in [3.63, 3.8) is 0 Å². The Morgan fingerprint density at radius 3 is 3.00 bits per heavy atom. The Kier molecular flexibility index (Phi) is 4.55. The van der Waals surface area contributed by atoms with Crippen LogP contribution in [0.15, 0.2) is 18.3 Å². The molecular weight excluding hydrogens is 260 g/mol. The molecule has 0 aliphatic carbocycles. The summed E-state index contributed by atoms with van der Waals surface area (Å²) in [6.45, 7) is 0.599. The minimum atomic E-state index is -0.873. The van der Waals surface area contributed by atoms with Crippen molar-refractivity contribution in [1.29, 1.82) is 0 Å². The number of rotatable bonds is 4. The number of nitrogens with zero attached hydrogens (tertiary/aromatic N) is 2. The molecule has 1 atom stereocenters. The van der Waals surface area contributed by atoms with Crippen LogP contribution in [0.25, 0.3) is 0 Å². The standard InChI is InChI=1S/C14H18N2O4/c1-20-12-8-10(5-6-15-12)14(19)16-7-3-2-4-11(16)9-13(17)18/h5-6,8,11H,2-4,7,9H2,1H3,(H,17,18). The van der Waals surface area contributed by atoms with Crippen LogP contribution in [0.3, 0.4) is 0 Å². The van der Waals surface area contributed by atoms with Crippen molar-refractivity contribution in [2.45, 2.75) is 31.7 Å². The Labute approximate surface area is 117 Å². The minimum Gasteiger partial charge on any atom is -0.481 e.